The molecule has 0 aromatic rings. The van der Waals surface area contributed by atoms with Crippen molar-refractivity contribution >= 4 is 11.8 Å². The highest BCUT2D eigenvalue weighted by atomic mass is 32.2. The predicted molar refractivity (Wildman–Crippen MR) is 76.5 cm³/mol. The van der Waals surface area contributed by atoms with Crippen LogP contribution in [0.25, 0.3) is 0 Å². The van der Waals surface area contributed by atoms with E-state index in [0.29, 0.717) is 5.92 Å². The van der Waals surface area contributed by atoms with E-state index in [4.69, 9.17) is 0 Å². The lowest BCUT2D eigenvalue weighted by molar-refractivity contribution is 0.0628. The van der Waals surface area contributed by atoms with Crippen LogP contribution >= 0.6 is 11.8 Å². The van der Waals surface area contributed by atoms with Gasteiger partial charge in [-0.1, -0.05) is 45.4 Å². The first kappa shape index (κ1) is 13.7. The van der Waals surface area contributed by atoms with E-state index >= 15 is 0 Å². The third-order valence-corrected chi connectivity index (χ3v) is 6.27. The van der Waals surface area contributed by atoms with Crippen LogP contribution in [0.1, 0.15) is 64.7 Å². The molecule has 3 atom stereocenters. The summed E-state index contributed by atoms with van der Waals surface area (Å²) in [6.45, 7) is 2.29. The van der Waals surface area contributed by atoms with Crippen molar-refractivity contribution in [3.8, 4) is 0 Å². The van der Waals surface area contributed by atoms with Crippen molar-refractivity contribution < 1.29 is 5.11 Å². The highest BCUT2D eigenvalue weighted by Gasteiger charge is 2.30. The quantitative estimate of drug-likeness (QED) is 0.794. The van der Waals surface area contributed by atoms with Crippen molar-refractivity contribution in [2.45, 2.75) is 76.1 Å². The molecule has 2 aliphatic carbocycles. The average molecular weight is 256 g/mol. The van der Waals surface area contributed by atoms with Crippen molar-refractivity contribution in [1.29, 1.82) is 0 Å². The number of rotatable bonds is 5. The minimum absolute atomic E-state index is 0.0362. The van der Waals surface area contributed by atoms with Crippen molar-refractivity contribution in [2.75, 3.05) is 5.75 Å². The monoisotopic (exact) mass is 256 g/mol. The van der Waals surface area contributed by atoms with Crippen molar-refractivity contribution in [3.05, 3.63) is 0 Å². The number of hydrogen-bond donors (Lipinski definition) is 1. The predicted octanol–water partition coefficient (Wildman–Crippen LogP) is 4.24. The molecule has 0 radical (unpaired) electrons. The third kappa shape index (κ3) is 3.89. The van der Waals surface area contributed by atoms with E-state index < -0.39 is 0 Å². The molecule has 0 heterocycles. The maximum atomic E-state index is 10.4. The van der Waals surface area contributed by atoms with Gasteiger partial charge in [-0.2, -0.15) is 11.8 Å². The summed E-state index contributed by atoms with van der Waals surface area (Å²) in [5, 5.41) is 11.3. The van der Waals surface area contributed by atoms with Crippen LogP contribution in [-0.4, -0.2) is 22.2 Å². The topological polar surface area (TPSA) is 20.2 Å². The zero-order chi connectivity index (χ0) is 12.1. The van der Waals surface area contributed by atoms with Crippen LogP contribution in [0.2, 0.25) is 0 Å². The van der Waals surface area contributed by atoms with Crippen LogP contribution in [0.4, 0.5) is 0 Å². The molecule has 0 aromatic carbocycles. The Kier molecular flexibility index (Phi) is 5.68. The Morgan fingerprint density at radius 2 is 1.71 bits per heavy atom. The molecule has 0 aliphatic heterocycles. The van der Waals surface area contributed by atoms with E-state index in [2.05, 4.69) is 6.92 Å². The zero-order valence-corrected chi connectivity index (χ0v) is 12.1. The largest absolute Gasteiger partial charge is 0.392 e. The van der Waals surface area contributed by atoms with Gasteiger partial charge < -0.3 is 5.11 Å². The van der Waals surface area contributed by atoms with Gasteiger partial charge in [0.05, 0.1) is 6.10 Å². The van der Waals surface area contributed by atoms with Crippen molar-refractivity contribution in [2.24, 2.45) is 11.8 Å². The lowest BCUT2D eigenvalue weighted by Gasteiger charge is -2.34. The van der Waals surface area contributed by atoms with E-state index in [1.807, 2.05) is 11.8 Å². The average Bonchev–Trinajstić information content (AvgIpc) is 2.89. The summed E-state index contributed by atoms with van der Waals surface area (Å²) in [5.41, 5.74) is 0. The fourth-order valence-corrected chi connectivity index (χ4v) is 5.05. The van der Waals surface area contributed by atoms with Gasteiger partial charge in [-0.15, -0.1) is 0 Å². The Morgan fingerprint density at radius 1 is 1.06 bits per heavy atom. The molecule has 0 saturated heterocycles. The SMILES string of the molecule is CCC1CCCCC1C(O)CSC1CCCC1. The fraction of sp³-hybridized carbons (Fsp3) is 1.00. The molecule has 1 nitrogen and oxygen atoms in total. The van der Waals surface area contributed by atoms with Crippen LogP contribution in [0.5, 0.6) is 0 Å². The van der Waals surface area contributed by atoms with Gasteiger partial charge in [0.15, 0.2) is 0 Å². The standard InChI is InChI=1S/C15H28OS/c1-2-12-7-3-6-10-14(12)15(16)11-17-13-8-4-5-9-13/h12-16H,2-11H2,1H3. The van der Waals surface area contributed by atoms with E-state index in [-0.39, 0.29) is 6.10 Å². The van der Waals surface area contributed by atoms with Gasteiger partial charge >= 0.3 is 0 Å². The normalized spacial score (nSPS) is 32.8. The first-order valence-corrected chi connectivity index (χ1v) is 8.65. The minimum Gasteiger partial charge on any atom is -0.392 e. The molecule has 0 bridgehead atoms. The summed E-state index contributed by atoms with van der Waals surface area (Å²) in [5.74, 6) is 2.39. The molecule has 1 N–H and O–H groups in total. The third-order valence-electron chi connectivity index (χ3n) is 4.79. The summed E-state index contributed by atoms with van der Waals surface area (Å²) in [7, 11) is 0. The second kappa shape index (κ2) is 7.04. The van der Waals surface area contributed by atoms with Gasteiger partial charge in [0.25, 0.3) is 0 Å². The maximum Gasteiger partial charge on any atom is 0.0661 e. The van der Waals surface area contributed by atoms with Gasteiger partial charge in [0.2, 0.25) is 0 Å². The van der Waals surface area contributed by atoms with Gasteiger partial charge in [-0.25, -0.2) is 0 Å². The molecule has 2 fully saturated rings. The molecule has 0 aromatic heterocycles. The Morgan fingerprint density at radius 3 is 2.41 bits per heavy atom. The van der Waals surface area contributed by atoms with Crippen LogP contribution in [0.3, 0.4) is 0 Å². The molecular formula is C15H28OS. The maximum absolute atomic E-state index is 10.4. The van der Waals surface area contributed by atoms with Crippen LogP contribution in [-0.2, 0) is 0 Å². The molecule has 0 amide bonds. The Balaban J connectivity index is 1.74. The van der Waals surface area contributed by atoms with E-state index in [9.17, 15) is 5.11 Å². The minimum atomic E-state index is -0.0362. The molecule has 3 unspecified atom stereocenters. The molecule has 2 rings (SSSR count). The summed E-state index contributed by atoms with van der Waals surface area (Å²) in [6.07, 6.45) is 12.2. The lowest BCUT2D eigenvalue weighted by atomic mass is 9.75. The summed E-state index contributed by atoms with van der Waals surface area (Å²) in [6, 6.07) is 0. The van der Waals surface area contributed by atoms with Gasteiger partial charge in [0, 0.05) is 11.0 Å². The Bertz CT molecular complexity index is 213. The molecule has 2 aliphatic rings. The smallest absolute Gasteiger partial charge is 0.0661 e. The van der Waals surface area contributed by atoms with Gasteiger partial charge in [-0.3, -0.25) is 0 Å². The Hall–Kier alpha value is 0.310. The van der Waals surface area contributed by atoms with Crippen LogP contribution < -0.4 is 0 Å². The van der Waals surface area contributed by atoms with Crippen molar-refractivity contribution in [1.82, 2.24) is 0 Å². The van der Waals surface area contributed by atoms with E-state index in [1.165, 1.54) is 57.8 Å². The van der Waals surface area contributed by atoms with Crippen LogP contribution in [0, 0.1) is 11.8 Å². The first-order valence-electron chi connectivity index (χ1n) is 7.61. The lowest BCUT2D eigenvalue weighted by Crippen LogP contribution is -2.32. The molecule has 2 saturated carbocycles. The summed E-state index contributed by atoms with van der Waals surface area (Å²) >= 11 is 2.05. The molecular weight excluding hydrogens is 228 g/mol. The first-order chi connectivity index (χ1) is 8.31. The molecule has 17 heavy (non-hydrogen) atoms. The van der Waals surface area contributed by atoms with Crippen molar-refractivity contribution in [3.63, 3.8) is 0 Å². The highest BCUT2D eigenvalue weighted by molar-refractivity contribution is 7.99. The van der Waals surface area contributed by atoms with E-state index in [0.717, 1.165) is 16.9 Å². The van der Waals surface area contributed by atoms with Crippen LogP contribution in [0.15, 0.2) is 0 Å². The second-order valence-electron chi connectivity index (χ2n) is 5.92. The number of thioether (sulfide) groups is 1. The number of aliphatic hydroxyl groups is 1. The molecule has 100 valence electrons. The number of aliphatic hydroxyl groups excluding tert-OH is 1. The van der Waals surface area contributed by atoms with E-state index in [1.54, 1.807) is 0 Å². The zero-order valence-electron chi connectivity index (χ0n) is 11.2. The number of hydrogen-bond acceptors (Lipinski definition) is 2. The fourth-order valence-electron chi connectivity index (χ4n) is 3.66. The van der Waals surface area contributed by atoms with Gasteiger partial charge in [0.1, 0.15) is 0 Å². The van der Waals surface area contributed by atoms with Gasteiger partial charge in [-0.05, 0) is 31.1 Å². The molecule has 0 spiro atoms. The molecule has 2 heteroatoms. The summed E-state index contributed by atoms with van der Waals surface area (Å²) in [4.78, 5) is 0. The second-order valence-corrected chi connectivity index (χ2v) is 7.26. The summed E-state index contributed by atoms with van der Waals surface area (Å²) < 4.78 is 0. The highest BCUT2D eigenvalue weighted by Crippen LogP contribution is 2.37. The Labute approximate surface area is 111 Å².